The fourth-order valence-electron chi connectivity index (χ4n) is 7.34. The number of hydrogen-bond donors (Lipinski definition) is 0. The Kier molecular flexibility index (Phi) is 6.25. The van der Waals surface area contributed by atoms with Gasteiger partial charge in [-0.05, 0) is 106 Å². The van der Waals surface area contributed by atoms with E-state index < -0.39 is 0 Å². The number of rotatable bonds is 4. The smallest absolute Gasteiger partial charge is 0.00137 e. The summed E-state index contributed by atoms with van der Waals surface area (Å²) in [7, 11) is 0. The first-order valence-electron chi connectivity index (χ1n) is 15.9. The molecule has 0 heteroatoms. The molecule has 0 nitrogen and oxygen atoms in total. The first-order chi connectivity index (χ1) is 22.8. The van der Waals surface area contributed by atoms with Crippen LogP contribution in [0.3, 0.4) is 0 Å². The van der Waals surface area contributed by atoms with Crippen molar-refractivity contribution in [2.45, 2.75) is 0 Å². The SMILES string of the molecule is c1ccc(-c2ccccc2-c2c(-c3cccc4ccccc34)c(-c3cccc4ccccc34)cc3cc4ccccc4cc23)cc1. The Hall–Kier alpha value is -5.98. The van der Waals surface area contributed by atoms with E-state index in [9.17, 15) is 0 Å². The van der Waals surface area contributed by atoms with Crippen LogP contribution < -0.4 is 0 Å². The maximum absolute atomic E-state index is 2.44. The van der Waals surface area contributed by atoms with Crippen molar-refractivity contribution < 1.29 is 0 Å². The molecule has 0 unspecified atom stereocenters. The zero-order valence-corrected chi connectivity index (χ0v) is 25.3. The topological polar surface area (TPSA) is 0 Å². The molecule has 0 radical (unpaired) electrons. The van der Waals surface area contributed by atoms with Crippen LogP contribution >= 0.6 is 0 Å². The Balaban J connectivity index is 1.54. The lowest BCUT2D eigenvalue weighted by atomic mass is 9.79. The summed E-state index contributed by atoms with van der Waals surface area (Å²) < 4.78 is 0. The van der Waals surface area contributed by atoms with Crippen molar-refractivity contribution in [3.8, 4) is 44.5 Å². The van der Waals surface area contributed by atoms with E-state index in [4.69, 9.17) is 0 Å². The van der Waals surface area contributed by atoms with Gasteiger partial charge in [0.1, 0.15) is 0 Å². The van der Waals surface area contributed by atoms with Gasteiger partial charge in [-0.25, -0.2) is 0 Å². The van der Waals surface area contributed by atoms with Crippen LogP contribution in [0.15, 0.2) is 182 Å². The van der Waals surface area contributed by atoms with E-state index in [0.717, 1.165) is 0 Å². The summed E-state index contributed by atoms with van der Waals surface area (Å²) in [4.78, 5) is 0. The standard InChI is InChI=1S/C46H30/c1-2-14-31(15-3-1)38-24-10-11-25-41(38)45-43-29-35-19-5-4-18-34(35)28-36(43)30-44(40-26-12-20-32-16-6-8-22-37(32)40)46(45)42-27-13-21-33-17-7-9-23-39(33)42/h1-30H. The average Bonchev–Trinajstić information content (AvgIpc) is 3.13. The Morgan fingerprint density at radius 1 is 0.217 bits per heavy atom. The highest BCUT2D eigenvalue weighted by atomic mass is 14.3. The second kappa shape index (κ2) is 10.9. The number of hydrogen-bond acceptors (Lipinski definition) is 0. The summed E-state index contributed by atoms with van der Waals surface area (Å²) >= 11 is 0. The fraction of sp³-hybridized carbons (Fsp3) is 0. The van der Waals surface area contributed by atoms with Crippen LogP contribution in [0, 0.1) is 0 Å². The molecule has 46 heavy (non-hydrogen) atoms. The van der Waals surface area contributed by atoms with Gasteiger partial charge in [0, 0.05) is 0 Å². The molecule has 9 aromatic carbocycles. The van der Waals surface area contributed by atoms with Gasteiger partial charge in [0.25, 0.3) is 0 Å². The van der Waals surface area contributed by atoms with Crippen LogP contribution in [-0.4, -0.2) is 0 Å². The van der Waals surface area contributed by atoms with Gasteiger partial charge >= 0.3 is 0 Å². The van der Waals surface area contributed by atoms with Gasteiger partial charge in [0.05, 0.1) is 0 Å². The minimum Gasteiger partial charge on any atom is -0.0622 e. The second-order valence-corrected chi connectivity index (χ2v) is 12.1. The molecule has 0 heterocycles. The molecule has 0 bridgehead atoms. The molecular weight excluding hydrogens is 553 g/mol. The van der Waals surface area contributed by atoms with Gasteiger partial charge < -0.3 is 0 Å². The highest BCUT2D eigenvalue weighted by Crippen LogP contribution is 2.50. The third-order valence-electron chi connectivity index (χ3n) is 9.43. The first-order valence-corrected chi connectivity index (χ1v) is 15.9. The molecule has 0 saturated carbocycles. The van der Waals surface area contributed by atoms with E-state index in [1.54, 1.807) is 0 Å². The molecule has 0 aliphatic heterocycles. The van der Waals surface area contributed by atoms with Crippen molar-refractivity contribution in [3.05, 3.63) is 182 Å². The molecule has 0 amide bonds. The third-order valence-corrected chi connectivity index (χ3v) is 9.43. The van der Waals surface area contributed by atoms with Crippen LogP contribution in [0.1, 0.15) is 0 Å². The summed E-state index contributed by atoms with van der Waals surface area (Å²) in [6, 6.07) is 66.7. The van der Waals surface area contributed by atoms with Gasteiger partial charge in [-0.15, -0.1) is 0 Å². The highest BCUT2D eigenvalue weighted by Gasteiger charge is 2.23. The Labute approximate surface area is 268 Å². The zero-order valence-electron chi connectivity index (χ0n) is 25.3. The minimum atomic E-state index is 1.21. The maximum Gasteiger partial charge on any atom is -0.00137 e. The zero-order chi connectivity index (χ0) is 30.5. The van der Waals surface area contributed by atoms with Gasteiger partial charge in [0.15, 0.2) is 0 Å². The molecule has 9 rings (SSSR count). The number of fused-ring (bicyclic) bond motifs is 4. The van der Waals surface area contributed by atoms with Crippen molar-refractivity contribution in [2.24, 2.45) is 0 Å². The van der Waals surface area contributed by atoms with Crippen molar-refractivity contribution >= 4 is 43.1 Å². The molecule has 0 N–H and O–H groups in total. The maximum atomic E-state index is 2.44. The van der Waals surface area contributed by atoms with E-state index in [-0.39, 0.29) is 0 Å². The predicted octanol–water partition coefficient (Wildman–Crippen LogP) is 13.0. The Morgan fingerprint density at radius 3 is 1.43 bits per heavy atom. The molecule has 9 aromatic rings. The minimum absolute atomic E-state index is 1.21. The lowest BCUT2D eigenvalue weighted by molar-refractivity contribution is 1.59. The normalized spacial score (nSPS) is 11.5. The summed E-state index contributed by atoms with van der Waals surface area (Å²) in [6.07, 6.45) is 0. The van der Waals surface area contributed by atoms with E-state index in [1.165, 1.54) is 87.6 Å². The van der Waals surface area contributed by atoms with Crippen LogP contribution in [0.5, 0.6) is 0 Å². The van der Waals surface area contributed by atoms with Crippen molar-refractivity contribution in [1.29, 1.82) is 0 Å². The summed E-state index contributed by atoms with van der Waals surface area (Å²) in [6.45, 7) is 0. The Bertz CT molecular complexity index is 2560. The molecule has 214 valence electrons. The third kappa shape index (κ3) is 4.30. The van der Waals surface area contributed by atoms with Crippen molar-refractivity contribution in [3.63, 3.8) is 0 Å². The van der Waals surface area contributed by atoms with Gasteiger partial charge in [0.2, 0.25) is 0 Å². The summed E-state index contributed by atoms with van der Waals surface area (Å²) in [5, 5.41) is 9.99. The van der Waals surface area contributed by atoms with Crippen molar-refractivity contribution in [2.75, 3.05) is 0 Å². The van der Waals surface area contributed by atoms with E-state index in [1.807, 2.05) is 0 Å². The molecule has 0 saturated heterocycles. The van der Waals surface area contributed by atoms with Crippen LogP contribution in [-0.2, 0) is 0 Å². The Morgan fingerprint density at radius 2 is 0.717 bits per heavy atom. The molecule has 0 aromatic heterocycles. The molecular formula is C46H30. The highest BCUT2D eigenvalue weighted by molar-refractivity contribution is 6.19. The lowest BCUT2D eigenvalue weighted by Crippen LogP contribution is -1.96. The predicted molar refractivity (Wildman–Crippen MR) is 198 cm³/mol. The monoisotopic (exact) mass is 582 g/mol. The lowest BCUT2D eigenvalue weighted by Gasteiger charge is -2.23. The summed E-state index contributed by atoms with van der Waals surface area (Å²) in [5.74, 6) is 0. The van der Waals surface area contributed by atoms with Crippen LogP contribution in [0.25, 0.3) is 87.6 Å². The van der Waals surface area contributed by atoms with E-state index >= 15 is 0 Å². The largest absolute Gasteiger partial charge is 0.0622 e. The van der Waals surface area contributed by atoms with Crippen LogP contribution in [0.2, 0.25) is 0 Å². The van der Waals surface area contributed by atoms with Crippen molar-refractivity contribution in [1.82, 2.24) is 0 Å². The fourth-order valence-corrected chi connectivity index (χ4v) is 7.34. The van der Waals surface area contributed by atoms with E-state index in [0.29, 0.717) is 0 Å². The second-order valence-electron chi connectivity index (χ2n) is 12.1. The molecule has 0 atom stereocenters. The molecule has 0 spiro atoms. The van der Waals surface area contributed by atoms with Gasteiger partial charge in [-0.3, -0.25) is 0 Å². The average molecular weight is 583 g/mol. The number of benzene rings is 9. The first kappa shape index (κ1) is 26.4. The molecule has 0 fully saturated rings. The quantitative estimate of drug-likeness (QED) is 0.181. The summed E-state index contributed by atoms with van der Waals surface area (Å²) in [5.41, 5.74) is 9.94. The van der Waals surface area contributed by atoms with Gasteiger partial charge in [-0.2, -0.15) is 0 Å². The molecule has 0 aliphatic carbocycles. The van der Waals surface area contributed by atoms with Crippen LogP contribution in [0.4, 0.5) is 0 Å². The van der Waals surface area contributed by atoms with E-state index in [2.05, 4.69) is 182 Å². The van der Waals surface area contributed by atoms with Gasteiger partial charge in [-0.1, -0.05) is 164 Å². The molecule has 0 aliphatic rings.